The predicted octanol–water partition coefficient (Wildman–Crippen LogP) is 2.66. The van der Waals surface area contributed by atoms with Crippen LogP contribution in [-0.4, -0.2) is 24.0 Å². The van der Waals surface area contributed by atoms with Crippen LogP contribution in [0.5, 0.6) is 0 Å². The molecule has 0 aliphatic heterocycles. The molecule has 5 nitrogen and oxygen atoms in total. The molecule has 3 N–H and O–H groups in total. The first-order valence-corrected chi connectivity index (χ1v) is 7.70. The number of unbranched alkanes of at least 4 members (excludes halogenated alkanes) is 6. The third-order valence-electron chi connectivity index (χ3n) is 3.21. The zero-order valence-electron chi connectivity index (χ0n) is 12.5. The highest BCUT2D eigenvalue weighted by Crippen LogP contribution is 2.06. The molecule has 114 valence electrons. The summed E-state index contributed by atoms with van der Waals surface area (Å²) in [5.41, 5.74) is 5.75. The number of carbonyl (C=O) groups excluding carboxylic acids is 1. The van der Waals surface area contributed by atoms with Gasteiger partial charge in [0.1, 0.15) is 6.26 Å². The molecule has 0 aliphatic carbocycles. The first-order chi connectivity index (χ1) is 9.77. The Hall–Kier alpha value is -1.36. The highest BCUT2D eigenvalue weighted by atomic mass is 16.3. The van der Waals surface area contributed by atoms with Crippen molar-refractivity contribution in [3.05, 3.63) is 17.8 Å². The van der Waals surface area contributed by atoms with Gasteiger partial charge in [0.25, 0.3) is 5.91 Å². The molecule has 20 heavy (non-hydrogen) atoms. The van der Waals surface area contributed by atoms with Crippen LogP contribution in [0.1, 0.15) is 68.2 Å². The van der Waals surface area contributed by atoms with E-state index in [-0.39, 0.29) is 5.91 Å². The fraction of sp³-hybridized carbons (Fsp3) is 0.733. The maximum absolute atomic E-state index is 11.8. The summed E-state index contributed by atoms with van der Waals surface area (Å²) in [5, 5.41) is 2.86. The smallest absolute Gasteiger partial charge is 0.273 e. The number of hydrogen-bond donors (Lipinski definition) is 2. The normalized spacial score (nSPS) is 10.7. The third-order valence-corrected chi connectivity index (χ3v) is 3.21. The summed E-state index contributed by atoms with van der Waals surface area (Å²) in [6.07, 6.45) is 10.6. The Morgan fingerprint density at radius 1 is 1.25 bits per heavy atom. The van der Waals surface area contributed by atoms with Crippen LogP contribution in [0.4, 0.5) is 0 Å². The van der Waals surface area contributed by atoms with Crippen molar-refractivity contribution in [3.8, 4) is 0 Å². The summed E-state index contributed by atoms with van der Waals surface area (Å²) < 4.78 is 5.16. The van der Waals surface area contributed by atoms with Crippen LogP contribution in [0.2, 0.25) is 0 Å². The fourth-order valence-electron chi connectivity index (χ4n) is 2.03. The van der Waals surface area contributed by atoms with Gasteiger partial charge in [-0.05, 0) is 6.42 Å². The lowest BCUT2D eigenvalue weighted by Gasteiger charge is -2.03. The number of amides is 1. The van der Waals surface area contributed by atoms with Crippen molar-refractivity contribution in [1.82, 2.24) is 10.3 Å². The van der Waals surface area contributed by atoms with Gasteiger partial charge in [0.05, 0.1) is 0 Å². The lowest BCUT2D eigenvalue weighted by atomic mass is 10.1. The molecule has 0 radical (unpaired) electrons. The summed E-state index contributed by atoms with van der Waals surface area (Å²) in [5.74, 6) is 0.358. The number of carbonyl (C=O) groups is 1. The molecule has 5 heteroatoms. The van der Waals surface area contributed by atoms with Gasteiger partial charge in [-0.3, -0.25) is 4.79 Å². The maximum atomic E-state index is 11.8. The lowest BCUT2D eigenvalue weighted by Crippen LogP contribution is -2.24. The monoisotopic (exact) mass is 281 g/mol. The van der Waals surface area contributed by atoms with Crippen molar-refractivity contribution in [2.75, 3.05) is 13.1 Å². The molecule has 0 atom stereocenters. The highest BCUT2D eigenvalue weighted by Gasteiger charge is 2.10. The number of oxazole rings is 1. The number of nitrogens with one attached hydrogen (secondary N) is 1. The Bertz CT molecular complexity index is 377. The van der Waals surface area contributed by atoms with Gasteiger partial charge < -0.3 is 15.5 Å². The van der Waals surface area contributed by atoms with Gasteiger partial charge in [0, 0.05) is 19.5 Å². The SMILES string of the molecule is CCCCCCCCCNC(=O)c1coc(CCN)n1. The fourth-order valence-corrected chi connectivity index (χ4v) is 2.03. The molecule has 0 spiro atoms. The molecular formula is C15H27N3O2. The first kappa shape index (κ1) is 16.7. The summed E-state index contributed by atoms with van der Waals surface area (Å²) in [6, 6.07) is 0. The second-order valence-corrected chi connectivity index (χ2v) is 5.04. The van der Waals surface area contributed by atoms with Crippen molar-refractivity contribution in [2.24, 2.45) is 5.73 Å². The number of aromatic nitrogens is 1. The van der Waals surface area contributed by atoms with E-state index >= 15 is 0 Å². The number of hydrogen-bond acceptors (Lipinski definition) is 4. The molecular weight excluding hydrogens is 254 g/mol. The predicted molar refractivity (Wildman–Crippen MR) is 79.6 cm³/mol. The van der Waals surface area contributed by atoms with Gasteiger partial charge in [-0.25, -0.2) is 4.98 Å². The minimum atomic E-state index is -0.164. The van der Waals surface area contributed by atoms with Gasteiger partial charge in [-0.2, -0.15) is 0 Å². The zero-order valence-corrected chi connectivity index (χ0v) is 12.5. The molecule has 0 bridgehead atoms. The van der Waals surface area contributed by atoms with Crippen molar-refractivity contribution in [3.63, 3.8) is 0 Å². The summed E-state index contributed by atoms with van der Waals surface area (Å²) in [4.78, 5) is 15.9. The highest BCUT2D eigenvalue weighted by molar-refractivity contribution is 5.91. The summed E-state index contributed by atoms with van der Waals surface area (Å²) in [6.45, 7) is 3.39. The van der Waals surface area contributed by atoms with Crippen molar-refractivity contribution < 1.29 is 9.21 Å². The topological polar surface area (TPSA) is 81.2 Å². The third kappa shape index (κ3) is 6.70. The summed E-state index contributed by atoms with van der Waals surface area (Å²) in [7, 11) is 0. The van der Waals surface area contributed by atoms with Crippen LogP contribution in [0.3, 0.4) is 0 Å². The van der Waals surface area contributed by atoms with Crippen LogP contribution in [0.25, 0.3) is 0 Å². The van der Waals surface area contributed by atoms with Gasteiger partial charge in [0.2, 0.25) is 0 Å². The molecule has 0 aromatic carbocycles. The zero-order chi connectivity index (χ0) is 14.6. The van der Waals surface area contributed by atoms with E-state index in [0.717, 1.165) is 6.42 Å². The van der Waals surface area contributed by atoms with Crippen LogP contribution in [-0.2, 0) is 6.42 Å². The number of nitrogens with zero attached hydrogens (tertiary/aromatic N) is 1. The van der Waals surface area contributed by atoms with E-state index in [1.807, 2.05) is 0 Å². The summed E-state index contributed by atoms with van der Waals surface area (Å²) >= 11 is 0. The van der Waals surface area contributed by atoms with Crippen LogP contribution in [0.15, 0.2) is 10.7 Å². The standard InChI is InChI=1S/C15H27N3O2/c1-2-3-4-5-6-7-8-11-17-15(19)13-12-20-14(18-13)9-10-16/h12H,2-11,16H2,1H3,(H,17,19). The molecule has 1 heterocycles. The second kappa shape index (κ2) is 10.4. The van der Waals surface area contributed by atoms with Crippen LogP contribution in [0, 0.1) is 0 Å². The molecule has 1 aromatic heterocycles. The minimum Gasteiger partial charge on any atom is -0.448 e. The Balaban J connectivity index is 2.07. The molecule has 0 saturated heterocycles. The Kier molecular flexibility index (Phi) is 8.71. The van der Waals surface area contributed by atoms with E-state index in [1.165, 1.54) is 44.8 Å². The van der Waals surface area contributed by atoms with E-state index in [4.69, 9.17) is 10.2 Å². The Morgan fingerprint density at radius 3 is 2.65 bits per heavy atom. The van der Waals surface area contributed by atoms with Gasteiger partial charge in [0.15, 0.2) is 11.6 Å². The molecule has 1 amide bonds. The first-order valence-electron chi connectivity index (χ1n) is 7.70. The van der Waals surface area contributed by atoms with Gasteiger partial charge in [-0.1, -0.05) is 45.4 Å². The second-order valence-electron chi connectivity index (χ2n) is 5.04. The quantitative estimate of drug-likeness (QED) is 0.611. The van der Waals surface area contributed by atoms with Crippen LogP contribution >= 0.6 is 0 Å². The molecule has 0 unspecified atom stereocenters. The minimum absolute atomic E-state index is 0.164. The van der Waals surface area contributed by atoms with Crippen molar-refractivity contribution in [1.29, 1.82) is 0 Å². The van der Waals surface area contributed by atoms with E-state index < -0.39 is 0 Å². The molecule has 0 fully saturated rings. The average Bonchev–Trinajstić information content (AvgIpc) is 2.91. The van der Waals surface area contributed by atoms with E-state index in [1.54, 1.807) is 0 Å². The molecule has 0 aliphatic rings. The van der Waals surface area contributed by atoms with E-state index in [0.29, 0.717) is 31.1 Å². The van der Waals surface area contributed by atoms with Gasteiger partial charge >= 0.3 is 0 Å². The number of nitrogens with two attached hydrogens (primary N) is 1. The van der Waals surface area contributed by atoms with Crippen molar-refractivity contribution in [2.45, 2.75) is 58.3 Å². The Labute approximate surface area is 121 Å². The van der Waals surface area contributed by atoms with E-state index in [2.05, 4.69) is 17.2 Å². The molecule has 1 rings (SSSR count). The lowest BCUT2D eigenvalue weighted by molar-refractivity contribution is 0.0948. The van der Waals surface area contributed by atoms with Crippen LogP contribution < -0.4 is 11.1 Å². The van der Waals surface area contributed by atoms with Gasteiger partial charge in [-0.15, -0.1) is 0 Å². The molecule has 1 aromatic rings. The van der Waals surface area contributed by atoms with E-state index in [9.17, 15) is 4.79 Å². The number of rotatable bonds is 11. The van der Waals surface area contributed by atoms with Crippen molar-refractivity contribution >= 4 is 5.91 Å². The largest absolute Gasteiger partial charge is 0.448 e. The average molecular weight is 281 g/mol. The Morgan fingerprint density at radius 2 is 1.95 bits per heavy atom. The maximum Gasteiger partial charge on any atom is 0.273 e. The molecule has 0 saturated carbocycles.